The van der Waals surface area contributed by atoms with Crippen LogP contribution in [-0.2, 0) is 16.2 Å². The normalized spacial score (nSPS) is 21.0. The van der Waals surface area contributed by atoms with Gasteiger partial charge in [-0.1, -0.05) is 30.3 Å². The molecule has 2 N–H and O–H groups in total. The second kappa shape index (κ2) is 8.18. The highest BCUT2D eigenvalue weighted by Gasteiger charge is 2.39. The summed E-state index contributed by atoms with van der Waals surface area (Å²) in [7, 11) is -3.87. The summed E-state index contributed by atoms with van der Waals surface area (Å²) in [6, 6.07) is 13.1. The minimum Gasteiger partial charge on any atom is -0.330 e. The van der Waals surface area contributed by atoms with Crippen molar-refractivity contribution in [2.24, 2.45) is 11.7 Å². The largest absolute Gasteiger partial charge is 0.416 e. The summed E-state index contributed by atoms with van der Waals surface area (Å²) < 4.78 is 65.0. The number of halogens is 4. The van der Waals surface area contributed by atoms with Crippen molar-refractivity contribution < 1.29 is 21.6 Å². The van der Waals surface area contributed by atoms with E-state index in [9.17, 15) is 21.6 Å². The van der Waals surface area contributed by atoms with Gasteiger partial charge in [0.25, 0.3) is 0 Å². The highest BCUT2D eigenvalue weighted by molar-refractivity contribution is 7.89. The van der Waals surface area contributed by atoms with E-state index in [1.807, 2.05) is 30.3 Å². The molecule has 148 valence electrons. The molecule has 0 aliphatic carbocycles. The topological polar surface area (TPSA) is 63.4 Å². The number of benzene rings is 2. The van der Waals surface area contributed by atoms with Crippen molar-refractivity contribution in [3.8, 4) is 0 Å². The zero-order chi connectivity index (χ0) is 18.9. The van der Waals surface area contributed by atoms with Gasteiger partial charge < -0.3 is 5.73 Å². The van der Waals surface area contributed by atoms with Crippen LogP contribution >= 0.6 is 12.4 Å². The second-order valence-electron chi connectivity index (χ2n) is 6.36. The Balaban J connectivity index is 0.00000261. The third-order valence-corrected chi connectivity index (χ3v) is 6.60. The fraction of sp³-hybridized carbons (Fsp3) is 0.333. The van der Waals surface area contributed by atoms with Gasteiger partial charge in [0.15, 0.2) is 0 Å². The Morgan fingerprint density at radius 3 is 2.11 bits per heavy atom. The van der Waals surface area contributed by atoms with Crippen molar-refractivity contribution in [1.82, 2.24) is 4.31 Å². The van der Waals surface area contributed by atoms with Gasteiger partial charge in [0.1, 0.15) is 0 Å². The van der Waals surface area contributed by atoms with Crippen LogP contribution < -0.4 is 5.73 Å². The molecule has 1 aliphatic heterocycles. The summed E-state index contributed by atoms with van der Waals surface area (Å²) in [6.07, 6.45) is -4.50. The van der Waals surface area contributed by atoms with Crippen LogP contribution in [0.4, 0.5) is 13.2 Å². The highest BCUT2D eigenvalue weighted by atomic mass is 35.5. The number of nitrogens with two attached hydrogens (primary N) is 1. The van der Waals surface area contributed by atoms with E-state index in [-0.39, 0.29) is 42.2 Å². The predicted molar refractivity (Wildman–Crippen MR) is 99.2 cm³/mol. The summed E-state index contributed by atoms with van der Waals surface area (Å²) in [4.78, 5) is -0.144. The van der Waals surface area contributed by atoms with Crippen LogP contribution in [0.1, 0.15) is 17.0 Å². The molecule has 0 spiro atoms. The molecule has 2 atom stereocenters. The zero-order valence-electron chi connectivity index (χ0n) is 14.3. The maximum absolute atomic E-state index is 12.8. The quantitative estimate of drug-likeness (QED) is 0.823. The predicted octanol–water partition coefficient (Wildman–Crippen LogP) is 3.49. The first-order valence-electron chi connectivity index (χ1n) is 8.16. The Morgan fingerprint density at radius 1 is 1.00 bits per heavy atom. The van der Waals surface area contributed by atoms with Crippen LogP contribution in [0.3, 0.4) is 0 Å². The van der Waals surface area contributed by atoms with E-state index in [2.05, 4.69) is 0 Å². The molecule has 27 heavy (non-hydrogen) atoms. The van der Waals surface area contributed by atoms with Crippen molar-refractivity contribution in [3.05, 3.63) is 65.7 Å². The summed E-state index contributed by atoms with van der Waals surface area (Å²) in [5.41, 5.74) is 5.96. The maximum atomic E-state index is 12.8. The summed E-state index contributed by atoms with van der Waals surface area (Å²) in [5, 5.41) is 0. The van der Waals surface area contributed by atoms with E-state index in [1.54, 1.807) is 0 Å². The van der Waals surface area contributed by atoms with Crippen molar-refractivity contribution in [2.75, 3.05) is 19.6 Å². The number of nitrogens with zero attached hydrogens (tertiary/aromatic N) is 1. The SMILES string of the molecule is Cl.NC[C@@H]1CN(S(=O)(=O)c2ccc(C(F)(F)F)cc2)C[C@H]1c1ccccc1. The first-order chi connectivity index (χ1) is 12.2. The van der Waals surface area contributed by atoms with Gasteiger partial charge >= 0.3 is 6.18 Å². The van der Waals surface area contributed by atoms with Gasteiger partial charge in [0.2, 0.25) is 10.0 Å². The fourth-order valence-corrected chi connectivity index (χ4v) is 4.83. The van der Waals surface area contributed by atoms with Gasteiger partial charge in [-0.3, -0.25) is 0 Å². The zero-order valence-corrected chi connectivity index (χ0v) is 15.9. The van der Waals surface area contributed by atoms with E-state index in [0.29, 0.717) is 6.54 Å². The molecule has 1 heterocycles. The van der Waals surface area contributed by atoms with Crippen LogP contribution in [0.15, 0.2) is 59.5 Å². The summed E-state index contributed by atoms with van der Waals surface area (Å²) >= 11 is 0. The first kappa shape index (κ1) is 21.7. The Bertz CT molecular complexity index is 858. The van der Waals surface area contributed by atoms with Crippen LogP contribution in [0.5, 0.6) is 0 Å². The molecule has 1 fully saturated rings. The van der Waals surface area contributed by atoms with Crippen LogP contribution in [0.2, 0.25) is 0 Å². The number of hydrogen-bond acceptors (Lipinski definition) is 3. The van der Waals surface area contributed by atoms with Gasteiger partial charge in [-0.05, 0) is 42.3 Å². The lowest BCUT2D eigenvalue weighted by atomic mass is 9.89. The van der Waals surface area contributed by atoms with E-state index in [1.165, 1.54) is 4.31 Å². The lowest BCUT2D eigenvalue weighted by Gasteiger charge is -2.17. The maximum Gasteiger partial charge on any atom is 0.416 e. The highest BCUT2D eigenvalue weighted by Crippen LogP contribution is 2.36. The third kappa shape index (κ3) is 4.45. The Hall–Kier alpha value is -1.61. The molecule has 0 unspecified atom stereocenters. The van der Waals surface area contributed by atoms with Gasteiger partial charge in [-0.2, -0.15) is 17.5 Å². The van der Waals surface area contributed by atoms with Gasteiger partial charge in [0, 0.05) is 19.0 Å². The molecule has 9 heteroatoms. The summed E-state index contributed by atoms with van der Waals surface area (Å²) in [6.45, 7) is 0.841. The number of hydrogen-bond donors (Lipinski definition) is 1. The Kier molecular flexibility index (Phi) is 6.57. The van der Waals surface area contributed by atoms with Gasteiger partial charge in [0.05, 0.1) is 10.5 Å². The van der Waals surface area contributed by atoms with Gasteiger partial charge in [-0.15, -0.1) is 12.4 Å². The van der Waals surface area contributed by atoms with Crippen molar-refractivity contribution >= 4 is 22.4 Å². The minimum absolute atomic E-state index is 0. The molecule has 0 saturated carbocycles. The molecule has 2 aromatic carbocycles. The van der Waals surface area contributed by atoms with Crippen LogP contribution in [0, 0.1) is 5.92 Å². The molecule has 1 saturated heterocycles. The van der Waals surface area contributed by atoms with Crippen molar-refractivity contribution in [2.45, 2.75) is 17.0 Å². The number of sulfonamides is 1. The van der Waals surface area contributed by atoms with Crippen molar-refractivity contribution in [1.29, 1.82) is 0 Å². The lowest BCUT2D eigenvalue weighted by Crippen LogP contribution is -2.30. The van der Waals surface area contributed by atoms with Crippen LogP contribution in [-0.4, -0.2) is 32.4 Å². The fourth-order valence-electron chi connectivity index (χ4n) is 3.31. The molecule has 2 aromatic rings. The number of rotatable bonds is 4. The monoisotopic (exact) mass is 420 g/mol. The molecule has 0 aromatic heterocycles. The molecule has 3 rings (SSSR count). The smallest absolute Gasteiger partial charge is 0.330 e. The van der Waals surface area contributed by atoms with E-state index in [4.69, 9.17) is 5.73 Å². The van der Waals surface area contributed by atoms with Crippen LogP contribution in [0.25, 0.3) is 0 Å². The van der Waals surface area contributed by atoms with E-state index in [0.717, 1.165) is 29.8 Å². The minimum atomic E-state index is -4.50. The molecule has 0 amide bonds. The standard InChI is InChI=1S/C18H19F3N2O2S.ClH/c19-18(20,21)15-6-8-16(9-7-15)26(24,25)23-11-14(10-22)17(12-23)13-4-2-1-3-5-13;/h1-9,14,17H,10-12,22H2;1H/t14-,17+;/m1./s1. The molecule has 0 bridgehead atoms. The van der Waals surface area contributed by atoms with Crippen molar-refractivity contribution in [3.63, 3.8) is 0 Å². The lowest BCUT2D eigenvalue weighted by molar-refractivity contribution is -0.137. The average Bonchev–Trinajstić information content (AvgIpc) is 3.07. The molecule has 4 nitrogen and oxygen atoms in total. The first-order valence-corrected chi connectivity index (χ1v) is 9.60. The summed E-state index contributed by atoms with van der Waals surface area (Å²) in [5.74, 6) is -0.0768. The third-order valence-electron chi connectivity index (χ3n) is 4.76. The molecular weight excluding hydrogens is 401 g/mol. The molecule has 0 radical (unpaired) electrons. The van der Waals surface area contributed by atoms with E-state index >= 15 is 0 Å². The molecular formula is C18H20ClF3N2O2S. The number of alkyl halides is 3. The Labute approximate surface area is 162 Å². The van der Waals surface area contributed by atoms with E-state index < -0.39 is 21.8 Å². The Morgan fingerprint density at radius 2 is 1.59 bits per heavy atom. The van der Waals surface area contributed by atoms with Gasteiger partial charge in [-0.25, -0.2) is 8.42 Å². The average molecular weight is 421 g/mol. The molecule has 1 aliphatic rings. The second-order valence-corrected chi connectivity index (χ2v) is 8.30.